The van der Waals surface area contributed by atoms with Gasteiger partial charge in [-0.05, 0) is 56.2 Å². The highest BCUT2D eigenvalue weighted by molar-refractivity contribution is 6.00. The molecule has 0 unspecified atom stereocenters. The molecular weight excluding hydrogens is 260 g/mol. The molecule has 3 rings (SSSR count). The molecule has 0 aromatic heterocycles. The highest BCUT2D eigenvalue weighted by Crippen LogP contribution is 2.46. The molecule has 3 heteroatoms. The second kappa shape index (κ2) is 5.52. The van der Waals surface area contributed by atoms with Crippen LogP contribution >= 0.6 is 0 Å². The summed E-state index contributed by atoms with van der Waals surface area (Å²) in [6.07, 6.45) is 7.95. The molecule has 1 aromatic rings. The Morgan fingerprint density at radius 1 is 1.19 bits per heavy atom. The average molecular weight is 282 g/mol. The van der Waals surface area contributed by atoms with E-state index in [1.807, 2.05) is 6.07 Å². The van der Waals surface area contributed by atoms with Gasteiger partial charge in [-0.2, -0.15) is 5.26 Å². The molecule has 21 heavy (non-hydrogen) atoms. The van der Waals surface area contributed by atoms with Gasteiger partial charge in [0.1, 0.15) is 0 Å². The van der Waals surface area contributed by atoms with Gasteiger partial charge in [0.15, 0.2) is 5.78 Å². The Hall–Kier alpha value is -1.82. The summed E-state index contributed by atoms with van der Waals surface area (Å²) in [5, 5.41) is 9.10. The molecule has 1 aliphatic carbocycles. The van der Waals surface area contributed by atoms with Crippen LogP contribution in [0.1, 0.15) is 61.4 Å². The quantitative estimate of drug-likeness (QED) is 0.772. The number of nitriles is 1. The normalized spacial score (nSPS) is 20.5. The van der Waals surface area contributed by atoms with Gasteiger partial charge in [0.05, 0.1) is 11.6 Å². The summed E-state index contributed by atoms with van der Waals surface area (Å²) >= 11 is 0. The molecule has 1 heterocycles. The monoisotopic (exact) mass is 282 g/mol. The lowest BCUT2D eigenvalue weighted by Gasteiger charge is -2.41. The lowest BCUT2D eigenvalue weighted by molar-refractivity contribution is 0.101. The van der Waals surface area contributed by atoms with Crippen LogP contribution in [0.2, 0.25) is 0 Å². The first kappa shape index (κ1) is 14.1. The van der Waals surface area contributed by atoms with Crippen molar-refractivity contribution in [2.45, 2.75) is 45.4 Å². The van der Waals surface area contributed by atoms with Crippen molar-refractivity contribution in [2.24, 2.45) is 5.41 Å². The maximum Gasteiger partial charge on any atom is 0.161 e. The van der Waals surface area contributed by atoms with Gasteiger partial charge in [0.2, 0.25) is 0 Å². The minimum atomic E-state index is 0.0793. The van der Waals surface area contributed by atoms with E-state index in [0.717, 1.165) is 24.3 Å². The predicted octanol–water partition coefficient (Wildman–Crippen LogP) is 3.92. The molecule has 1 saturated heterocycles. The van der Waals surface area contributed by atoms with E-state index in [0.29, 0.717) is 11.0 Å². The molecule has 2 fully saturated rings. The molecule has 0 radical (unpaired) electrons. The number of nitrogens with zero attached hydrogens (tertiary/aromatic N) is 2. The molecule has 0 atom stereocenters. The van der Waals surface area contributed by atoms with Gasteiger partial charge in [-0.15, -0.1) is 0 Å². The number of piperidine rings is 1. The first-order chi connectivity index (χ1) is 10.1. The van der Waals surface area contributed by atoms with E-state index in [4.69, 9.17) is 5.26 Å². The number of ketones is 1. The third-order valence-corrected chi connectivity index (χ3v) is 5.34. The van der Waals surface area contributed by atoms with Gasteiger partial charge in [-0.25, -0.2) is 0 Å². The van der Waals surface area contributed by atoms with E-state index in [1.54, 1.807) is 19.1 Å². The average Bonchev–Trinajstić information content (AvgIpc) is 2.95. The Morgan fingerprint density at radius 2 is 1.86 bits per heavy atom. The smallest absolute Gasteiger partial charge is 0.161 e. The number of anilines is 1. The van der Waals surface area contributed by atoms with Crippen LogP contribution < -0.4 is 4.90 Å². The van der Waals surface area contributed by atoms with Crippen molar-refractivity contribution < 1.29 is 4.79 Å². The van der Waals surface area contributed by atoms with Crippen molar-refractivity contribution in [1.82, 2.24) is 0 Å². The zero-order valence-corrected chi connectivity index (χ0v) is 12.7. The fourth-order valence-electron chi connectivity index (χ4n) is 4.01. The minimum absolute atomic E-state index is 0.0793. The van der Waals surface area contributed by atoms with Crippen molar-refractivity contribution in [3.63, 3.8) is 0 Å². The van der Waals surface area contributed by atoms with E-state index in [9.17, 15) is 4.79 Å². The van der Waals surface area contributed by atoms with Gasteiger partial charge in [0, 0.05) is 24.3 Å². The van der Waals surface area contributed by atoms with Gasteiger partial charge < -0.3 is 4.90 Å². The summed E-state index contributed by atoms with van der Waals surface area (Å²) in [6.45, 7) is 3.62. The SMILES string of the molecule is CC(=O)c1ccc(C#N)cc1N1CCC2(CCCC2)CC1. The Morgan fingerprint density at radius 3 is 2.43 bits per heavy atom. The summed E-state index contributed by atoms with van der Waals surface area (Å²) in [5.41, 5.74) is 2.90. The summed E-state index contributed by atoms with van der Waals surface area (Å²) in [5.74, 6) is 0.0793. The van der Waals surface area contributed by atoms with Gasteiger partial charge in [-0.1, -0.05) is 12.8 Å². The molecule has 0 bridgehead atoms. The molecule has 1 aliphatic heterocycles. The summed E-state index contributed by atoms with van der Waals surface area (Å²) in [6, 6.07) is 7.60. The zero-order chi connectivity index (χ0) is 14.9. The number of Topliss-reactive ketones (excluding diaryl/α,β-unsaturated/α-hetero) is 1. The van der Waals surface area contributed by atoms with E-state index < -0.39 is 0 Å². The number of hydrogen-bond donors (Lipinski definition) is 0. The fraction of sp³-hybridized carbons (Fsp3) is 0.556. The summed E-state index contributed by atoms with van der Waals surface area (Å²) in [4.78, 5) is 14.2. The largest absolute Gasteiger partial charge is 0.371 e. The molecule has 2 aliphatic rings. The van der Waals surface area contributed by atoms with Crippen LogP contribution in [0.25, 0.3) is 0 Å². The van der Waals surface area contributed by atoms with Crippen molar-refractivity contribution in [2.75, 3.05) is 18.0 Å². The highest BCUT2D eigenvalue weighted by atomic mass is 16.1. The van der Waals surface area contributed by atoms with Crippen LogP contribution in [0.5, 0.6) is 0 Å². The second-order valence-corrected chi connectivity index (χ2v) is 6.59. The van der Waals surface area contributed by atoms with E-state index in [2.05, 4.69) is 11.0 Å². The topological polar surface area (TPSA) is 44.1 Å². The first-order valence-corrected chi connectivity index (χ1v) is 7.94. The van der Waals surface area contributed by atoms with E-state index in [-0.39, 0.29) is 5.78 Å². The van der Waals surface area contributed by atoms with Gasteiger partial charge in [0.25, 0.3) is 0 Å². The molecule has 1 aromatic carbocycles. The number of hydrogen-bond acceptors (Lipinski definition) is 3. The molecular formula is C18H22N2O. The van der Waals surface area contributed by atoms with Crippen LogP contribution in [0.15, 0.2) is 18.2 Å². The third kappa shape index (κ3) is 2.68. The van der Waals surface area contributed by atoms with Crippen molar-refractivity contribution >= 4 is 11.5 Å². The molecule has 110 valence electrons. The minimum Gasteiger partial charge on any atom is -0.371 e. The molecule has 1 spiro atoms. The summed E-state index contributed by atoms with van der Waals surface area (Å²) < 4.78 is 0. The van der Waals surface area contributed by atoms with Crippen molar-refractivity contribution in [3.05, 3.63) is 29.3 Å². The van der Waals surface area contributed by atoms with E-state index >= 15 is 0 Å². The van der Waals surface area contributed by atoms with Gasteiger partial charge >= 0.3 is 0 Å². The van der Waals surface area contributed by atoms with Crippen LogP contribution in [-0.4, -0.2) is 18.9 Å². The van der Waals surface area contributed by atoms with Crippen LogP contribution in [-0.2, 0) is 0 Å². The summed E-state index contributed by atoms with van der Waals surface area (Å²) in [7, 11) is 0. The van der Waals surface area contributed by atoms with Crippen molar-refractivity contribution in [3.8, 4) is 6.07 Å². The molecule has 1 saturated carbocycles. The zero-order valence-electron chi connectivity index (χ0n) is 12.7. The fourth-order valence-corrected chi connectivity index (χ4v) is 4.01. The number of carbonyl (C=O) groups excluding carboxylic acids is 1. The number of rotatable bonds is 2. The van der Waals surface area contributed by atoms with Crippen LogP contribution in [0.3, 0.4) is 0 Å². The standard InChI is InChI=1S/C18H22N2O/c1-14(21)16-5-4-15(13-19)12-17(16)20-10-8-18(9-11-20)6-2-3-7-18/h4-5,12H,2-3,6-11H2,1H3. The van der Waals surface area contributed by atoms with Crippen LogP contribution in [0, 0.1) is 16.7 Å². The maximum atomic E-state index is 11.8. The first-order valence-electron chi connectivity index (χ1n) is 7.94. The Kier molecular flexibility index (Phi) is 3.71. The Bertz CT molecular complexity index is 584. The van der Waals surface area contributed by atoms with Crippen LogP contribution in [0.4, 0.5) is 5.69 Å². The predicted molar refractivity (Wildman–Crippen MR) is 83.5 cm³/mol. The molecule has 0 amide bonds. The number of benzene rings is 1. The molecule has 0 N–H and O–H groups in total. The number of carbonyl (C=O) groups is 1. The maximum absolute atomic E-state index is 11.8. The van der Waals surface area contributed by atoms with Crippen molar-refractivity contribution in [1.29, 1.82) is 5.26 Å². The second-order valence-electron chi connectivity index (χ2n) is 6.59. The lowest BCUT2D eigenvalue weighted by atomic mass is 9.77. The molecule has 3 nitrogen and oxygen atoms in total. The Balaban J connectivity index is 1.84. The highest BCUT2D eigenvalue weighted by Gasteiger charge is 2.37. The van der Waals surface area contributed by atoms with E-state index in [1.165, 1.54) is 38.5 Å². The Labute approximate surface area is 126 Å². The lowest BCUT2D eigenvalue weighted by Crippen LogP contribution is -2.39. The van der Waals surface area contributed by atoms with Gasteiger partial charge in [-0.3, -0.25) is 4.79 Å². The third-order valence-electron chi connectivity index (χ3n) is 5.34.